The van der Waals surface area contributed by atoms with Gasteiger partial charge in [0.25, 0.3) is 0 Å². The summed E-state index contributed by atoms with van der Waals surface area (Å²) in [6.07, 6.45) is 7.25. The molecule has 2 heterocycles. The largest absolute Gasteiger partial charge is 0.494 e. The van der Waals surface area contributed by atoms with Gasteiger partial charge in [-0.1, -0.05) is 29.3 Å². The Hall–Kier alpha value is -2.50. The molecule has 0 unspecified atom stereocenters. The molecule has 0 N–H and O–H groups in total. The molecular weight excluding hydrogens is 410 g/mol. The van der Waals surface area contributed by atoms with Crippen molar-refractivity contribution < 1.29 is 9.47 Å². The highest BCUT2D eigenvalue weighted by atomic mass is 35.5. The fourth-order valence-corrected chi connectivity index (χ4v) is 4.13. The van der Waals surface area contributed by atoms with Crippen molar-refractivity contribution in [1.82, 2.24) is 14.5 Å². The zero-order valence-electron chi connectivity index (χ0n) is 18.0. The van der Waals surface area contributed by atoms with E-state index in [-0.39, 0.29) is 0 Å². The molecule has 3 aromatic rings. The molecule has 0 saturated carbocycles. The molecule has 0 bridgehead atoms. The van der Waals surface area contributed by atoms with Crippen molar-refractivity contribution in [3.63, 3.8) is 0 Å². The Morgan fingerprint density at radius 3 is 2.39 bits per heavy atom. The molecule has 0 radical (unpaired) electrons. The number of aromatic nitrogens is 2. The van der Waals surface area contributed by atoms with E-state index in [0.717, 1.165) is 62.8 Å². The number of imidazole rings is 1. The third-order valence-electron chi connectivity index (χ3n) is 5.79. The van der Waals surface area contributed by atoms with Gasteiger partial charge in [0.05, 0.1) is 6.61 Å². The van der Waals surface area contributed by atoms with Gasteiger partial charge in [-0.15, -0.1) is 0 Å². The van der Waals surface area contributed by atoms with Crippen LogP contribution in [0.3, 0.4) is 0 Å². The molecule has 6 heteroatoms. The minimum atomic E-state index is 0.463. The van der Waals surface area contributed by atoms with Gasteiger partial charge < -0.3 is 18.9 Å². The van der Waals surface area contributed by atoms with Crippen LogP contribution in [0.25, 0.3) is 0 Å². The number of aryl methyl sites for hydroxylation is 1. The third-order valence-corrected chi connectivity index (χ3v) is 6.04. The summed E-state index contributed by atoms with van der Waals surface area (Å²) < 4.78 is 14.0. The SMILES string of the molecule is Cc1ccc(OCCCN2CCC(n3ccnc3COc3ccc(Cl)cc3)CC2)cc1. The van der Waals surface area contributed by atoms with E-state index in [0.29, 0.717) is 17.7 Å². The molecule has 5 nitrogen and oxygen atoms in total. The molecular formula is C25H30ClN3O2. The third kappa shape index (κ3) is 6.25. The number of rotatable bonds is 9. The number of halogens is 1. The van der Waals surface area contributed by atoms with Gasteiger partial charge in [0.2, 0.25) is 0 Å². The lowest BCUT2D eigenvalue weighted by molar-refractivity contribution is 0.168. The summed E-state index contributed by atoms with van der Waals surface area (Å²) in [6, 6.07) is 16.2. The normalized spacial score (nSPS) is 15.2. The fraction of sp³-hybridized carbons (Fsp3) is 0.400. The molecule has 164 valence electrons. The molecule has 1 fully saturated rings. The number of hydrogen-bond acceptors (Lipinski definition) is 4. The van der Waals surface area contributed by atoms with E-state index in [9.17, 15) is 0 Å². The van der Waals surface area contributed by atoms with Crippen molar-refractivity contribution in [2.24, 2.45) is 0 Å². The second kappa shape index (κ2) is 10.7. The van der Waals surface area contributed by atoms with Crippen LogP contribution in [-0.4, -0.2) is 40.7 Å². The number of piperidine rings is 1. The maximum Gasteiger partial charge on any atom is 0.147 e. The summed E-state index contributed by atoms with van der Waals surface area (Å²) in [5.74, 6) is 2.74. The Morgan fingerprint density at radius 2 is 1.65 bits per heavy atom. The van der Waals surface area contributed by atoms with E-state index >= 15 is 0 Å². The lowest BCUT2D eigenvalue weighted by Gasteiger charge is -2.33. The lowest BCUT2D eigenvalue weighted by Crippen LogP contribution is -2.36. The van der Waals surface area contributed by atoms with Crippen molar-refractivity contribution in [2.75, 3.05) is 26.2 Å². The summed E-state index contributed by atoms with van der Waals surface area (Å²) >= 11 is 5.94. The quantitative estimate of drug-likeness (QED) is 0.411. The summed E-state index contributed by atoms with van der Waals surface area (Å²) in [5, 5.41) is 0.710. The van der Waals surface area contributed by atoms with Crippen LogP contribution in [0.15, 0.2) is 60.9 Å². The summed E-state index contributed by atoms with van der Waals surface area (Å²) in [4.78, 5) is 7.06. The first kappa shape index (κ1) is 21.7. The molecule has 0 atom stereocenters. The van der Waals surface area contributed by atoms with Crippen LogP contribution < -0.4 is 9.47 Å². The average molecular weight is 440 g/mol. The fourth-order valence-electron chi connectivity index (χ4n) is 4.00. The van der Waals surface area contributed by atoms with Crippen LogP contribution in [0.4, 0.5) is 0 Å². The first-order valence-electron chi connectivity index (χ1n) is 11.0. The maximum absolute atomic E-state index is 5.94. The predicted molar refractivity (Wildman–Crippen MR) is 124 cm³/mol. The Balaban J connectivity index is 1.19. The monoisotopic (exact) mass is 439 g/mol. The zero-order chi connectivity index (χ0) is 21.5. The minimum Gasteiger partial charge on any atom is -0.494 e. The average Bonchev–Trinajstić information content (AvgIpc) is 3.27. The predicted octanol–water partition coefficient (Wildman–Crippen LogP) is 5.53. The number of ether oxygens (including phenoxy) is 2. The molecule has 0 amide bonds. The highest BCUT2D eigenvalue weighted by Gasteiger charge is 2.22. The van der Waals surface area contributed by atoms with Crippen molar-refractivity contribution in [3.8, 4) is 11.5 Å². The maximum atomic E-state index is 5.94. The van der Waals surface area contributed by atoms with Crippen molar-refractivity contribution >= 4 is 11.6 Å². The molecule has 1 aliphatic heterocycles. The van der Waals surface area contributed by atoms with Gasteiger partial charge in [0.1, 0.15) is 23.9 Å². The second-order valence-corrected chi connectivity index (χ2v) is 8.52. The van der Waals surface area contributed by atoms with Gasteiger partial charge in [-0.25, -0.2) is 4.98 Å². The molecule has 1 aromatic heterocycles. The van der Waals surface area contributed by atoms with Crippen LogP contribution in [0, 0.1) is 6.92 Å². The smallest absolute Gasteiger partial charge is 0.147 e. The van der Waals surface area contributed by atoms with Crippen LogP contribution in [0.2, 0.25) is 5.02 Å². The molecule has 4 rings (SSSR count). The van der Waals surface area contributed by atoms with E-state index in [1.165, 1.54) is 5.56 Å². The standard InChI is InChI=1S/C25H30ClN3O2/c1-20-3-7-23(8-4-20)30-18-2-14-28-15-11-22(12-16-28)29-17-13-27-25(29)19-31-24-9-5-21(26)6-10-24/h3-10,13,17,22H,2,11-12,14-16,18-19H2,1H3. The van der Waals surface area contributed by atoms with Crippen LogP contribution in [0.5, 0.6) is 11.5 Å². The highest BCUT2D eigenvalue weighted by Crippen LogP contribution is 2.25. The van der Waals surface area contributed by atoms with Crippen LogP contribution in [0.1, 0.15) is 36.7 Å². The highest BCUT2D eigenvalue weighted by molar-refractivity contribution is 6.30. The lowest BCUT2D eigenvalue weighted by atomic mass is 10.0. The molecule has 2 aromatic carbocycles. The van der Waals surface area contributed by atoms with Gasteiger partial charge in [-0.05, 0) is 62.6 Å². The van der Waals surface area contributed by atoms with Crippen molar-refractivity contribution in [1.29, 1.82) is 0 Å². The Kier molecular flexibility index (Phi) is 7.49. The minimum absolute atomic E-state index is 0.463. The second-order valence-electron chi connectivity index (χ2n) is 8.08. The number of likely N-dealkylation sites (tertiary alicyclic amines) is 1. The van der Waals surface area contributed by atoms with Gasteiger partial charge >= 0.3 is 0 Å². The number of nitrogens with zero attached hydrogens (tertiary/aromatic N) is 3. The van der Waals surface area contributed by atoms with E-state index in [1.807, 2.05) is 42.6 Å². The van der Waals surface area contributed by atoms with E-state index in [2.05, 4.69) is 39.7 Å². The molecule has 31 heavy (non-hydrogen) atoms. The first-order chi connectivity index (χ1) is 15.2. The summed E-state index contributed by atoms with van der Waals surface area (Å²) in [6.45, 7) is 6.60. The summed E-state index contributed by atoms with van der Waals surface area (Å²) in [7, 11) is 0. The Bertz CT molecular complexity index is 932. The Morgan fingerprint density at radius 1 is 0.968 bits per heavy atom. The molecule has 0 aliphatic carbocycles. The number of benzene rings is 2. The van der Waals surface area contributed by atoms with Crippen molar-refractivity contribution in [3.05, 3.63) is 77.3 Å². The first-order valence-corrected chi connectivity index (χ1v) is 11.4. The van der Waals surface area contributed by atoms with Gasteiger partial charge in [0.15, 0.2) is 0 Å². The summed E-state index contributed by atoms with van der Waals surface area (Å²) in [5.41, 5.74) is 1.26. The van der Waals surface area contributed by atoms with E-state index < -0.39 is 0 Å². The Labute approximate surface area is 189 Å². The van der Waals surface area contributed by atoms with E-state index in [1.54, 1.807) is 0 Å². The van der Waals surface area contributed by atoms with Crippen LogP contribution >= 0.6 is 11.6 Å². The van der Waals surface area contributed by atoms with Gasteiger partial charge in [-0.2, -0.15) is 0 Å². The number of hydrogen-bond donors (Lipinski definition) is 0. The topological polar surface area (TPSA) is 39.5 Å². The zero-order valence-corrected chi connectivity index (χ0v) is 18.8. The van der Waals surface area contributed by atoms with Crippen LogP contribution in [-0.2, 0) is 6.61 Å². The van der Waals surface area contributed by atoms with E-state index in [4.69, 9.17) is 21.1 Å². The van der Waals surface area contributed by atoms with Crippen molar-refractivity contribution in [2.45, 2.75) is 38.8 Å². The van der Waals surface area contributed by atoms with Gasteiger partial charge in [-0.3, -0.25) is 0 Å². The molecule has 1 saturated heterocycles. The molecule has 1 aliphatic rings. The van der Waals surface area contributed by atoms with Gasteiger partial charge in [0, 0.05) is 43.1 Å². The molecule has 0 spiro atoms.